The number of rotatable bonds is 4. The number of carbonyl (C=O) groups excluding carboxylic acids is 1. The number of halogens is 1. The molecule has 3 heteroatoms. The molecular formula is C11H14BrNO. The molecule has 0 heterocycles. The molecule has 1 rings (SSSR count). The average molecular weight is 256 g/mol. The van der Waals surface area contributed by atoms with Gasteiger partial charge in [0.1, 0.15) is 0 Å². The minimum absolute atomic E-state index is 0.0284. The van der Waals surface area contributed by atoms with Crippen molar-refractivity contribution in [3.05, 3.63) is 35.9 Å². The van der Waals surface area contributed by atoms with E-state index in [2.05, 4.69) is 28.2 Å². The number of alkyl halides is 1. The molecule has 0 saturated heterocycles. The quantitative estimate of drug-likeness (QED) is 0.824. The van der Waals surface area contributed by atoms with Crippen LogP contribution in [0.5, 0.6) is 0 Å². The second kappa shape index (κ2) is 5.81. The van der Waals surface area contributed by atoms with Crippen molar-refractivity contribution in [2.24, 2.45) is 0 Å². The van der Waals surface area contributed by atoms with Gasteiger partial charge in [-0.25, -0.2) is 0 Å². The molecule has 0 aliphatic rings. The predicted molar refractivity (Wildman–Crippen MR) is 61.4 cm³/mol. The maximum atomic E-state index is 11.2. The highest BCUT2D eigenvalue weighted by Crippen LogP contribution is 2.15. The molecule has 0 radical (unpaired) electrons. The Labute approximate surface area is 92.8 Å². The smallest absolute Gasteiger partial charge is 0.231 e. The summed E-state index contributed by atoms with van der Waals surface area (Å²) < 4.78 is 0. The number of carbonyl (C=O) groups is 1. The second-order valence-corrected chi connectivity index (χ2v) is 3.63. The lowest BCUT2D eigenvalue weighted by Gasteiger charge is -2.16. The zero-order chi connectivity index (χ0) is 10.4. The molecule has 0 aliphatic carbocycles. The minimum atomic E-state index is 0.0284. The third-order valence-corrected chi connectivity index (χ3v) is 2.58. The number of nitrogens with one attached hydrogen (secondary N) is 1. The first-order valence-corrected chi connectivity index (χ1v) is 5.80. The summed E-state index contributed by atoms with van der Waals surface area (Å²) in [5.74, 6) is 0.0284. The zero-order valence-corrected chi connectivity index (χ0v) is 9.75. The van der Waals surface area contributed by atoms with E-state index < -0.39 is 0 Å². The Bertz CT molecular complexity index is 287. The third-order valence-electron chi connectivity index (χ3n) is 2.07. The van der Waals surface area contributed by atoms with E-state index in [1.165, 1.54) is 0 Å². The fraction of sp³-hybridized carbons (Fsp3) is 0.364. The van der Waals surface area contributed by atoms with Crippen molar-refractivity contribution >= 4 is 21.8 Å². The molecule has 2 nitrogen and oxygen atoms in total. The van der Waals surface area contributed by atoms with E-state index in [-0.39, 0.29) is 11.9 Å². The Kier molecular flexibility index (Phi) is 4.66. The first-order chi connectivity index (χ1) is 6.77. The molecule has 0 bridgehead atoms. The number of amides is 1. The lowest BCUT2D eigenvalue weighted by molar-refractivity contribution is -0.119. The largest absolute Gasteiger partial charge is 0.349 e. The molecule has 1 aromatic carbocycles. The molecule has 1 aromatic rings. The molecule has 0 spiro atoms. The van der Waals surface area contributed by atoms with Crippen molar-refractivity contribution in [2.45, 2.75) is 19.4 Å². The van der Waals surface area contributed by atoms with Crippen LogP contribution in [0.1, 0.15) is 24.9 Å². The second-order valence-electron chi connectivity index (χ2n) is 3.07. The molecule has 76 valence electrons. The van der Waals surface area contributed by atoms with Crippen molar-refractivity contribution < 1.29 is 4.79 Å². The van der Waals surface area contributed by atoms with E-state index >= 15 is 0 Å². The van der Waals surface area contributed by atoms with Crippen LogP contribution in [0.4, 0.5) is 0 Å². The summed E-state index contributed by atoms with van der Waals surface area (Å²) in [4.78, 5) is 11.2. The first kappa shape index (κ1) is 11.2. The van der Waals surface area contributed by atoms with E-state index in [9.17, 15) is 4.79 Å². The number of hydrogen-bond donors (Lipinski definition) is 1. The zero-order valence-electron chi connectivity index (χ0n) is 8.16. The normalized spacial score (nSPS) is 12.1. The molecule has 0 saturated carbocycles. The van der Waals surface area contributed by atoms with E-state index in [4.69, 9.17) is 0 Å². The highest BCUT2D eigenvalue weighted by molar-refractivity contribution is 9.09. The van der Waals surface area contributed by atoms with Crippen LogP contribution in [0.2, 0.25) is 0 Å². The Hall–Kier alpha value is -0.830. The van der Waals surface area contributed by atoms with Crippen LogP contribution in [-0.2, 0) is 4.79 Å². The fourth-order valence-corrected chi connectivity index (χ4v) is 1.50. The number of benzene rings is 1. The maximum absolute atomic E-state index is 11.2. The van der Waals surface area contributed by atoms with Gasteiger partial charge in [-0.15, -0.1) is 0 Å². The Morgan fingerprint density at radius 2 is 2.07 bits per heavy atom. The van der Waals surface area contributed by atoms with Gasteiger partial charge in [0.2, 0.25) is 5.91 Å². The van der Waals surface area contributed by atoms with Crippen LogP contribution < -0.4 is 5.32 Å². The van der Waals surface area contributed by atoms with Gasteiger partial charge >= 0.3 is 0 Å². The van der Waals surface area contributed by atoms with Crippen LogP contribution in [0.3, 0.4) is 0 Å². The van der Waals surface area contributed by atoms with E-state index in [0.29, 0.717) is 5.33 Å². The predicted octanol–water partition coefficient (Wildman–Crippen LogP) is 2.65. The molecule has 0 aromatic heterocycles. The summed E-state index contributed by atoms with van der Waals surface area (Å²) in [6.07, 6.45) is 0.906. The molecule has 1 unspecified atom stereocenters. The molecule has 1 amide bonds. The van der Waals surface area contributed by atoms with E-state index in [1.54, 1.807) is 0 Å². The summed E-state index contributed by atoms with van der Waals surface area (Å²) >= 11 is 3.13. The molecule has 14 heavy (non-hydrogen) atoms. The lowest BCUT2D eigenvalue weighted by Crippen LogP contribution is -2.28. The molecule has 0 aliphatic heterocycles. The Morgan fingerprint density at radius 3 is 2.57 bits per heavy atom. The summed E-state index contributed by atoms with van der Waals surface area (Å²) in [6.45, 7) is 2.06. The Balaban J connectivity index is 2.68. The maximum Gasteiger partial charge on any atom is 0.231 e. The van der Waals surface area contributed by atoms with Crippen LogP contribution in [0.15, 0.2) is 30.3 Å². The minimum Gasteiger partial charge on any atom is -0.349 e. The fourth-order valence-electron chi connectivity index (χ4n) is 1.34. The van der Waals surface area contributed by atoms with Crippen molar-refractivity contribution in [2.75, 3.05) is 5.33 Å². The molecule has 0 fully saturated rings. The van der Waals surface area contributed by atoms with Crippen LogP contribution in [-0.4, -0.2) is 11.2 Å². The van der Waals surface area contributed by atoms with Gasteiger partial charge in [-0.05, 0) is 12.0 Å². The highest BCUT2D eigenvalue weighted by Gasteiger charge is 2.10. The molecular weight excluding hydrogens is 242 g/mol. The number of hydrogen-bond acceptors (Lipinski definition) is 1. The van der Waals surface area contributed by atoms with Gasteiger partial charge in [0.15, 0.2) is 0 Å². The summed E-state index contributed by atoms with van der Waals surface area (Å²) in [6, 6.07) is 10.1. The summed E-state index contributed by atoms with van der Waals surface area (Å²) in [5, 5.41) is 3.30. The third kappa shape index (κ3) is 3.14. The van der Waals surface area contributed by atoms with Gasteiger partial charge in [0.05, 0.1) is 11.4 Å². The molecule has 1 N–H and O–H groups in total. The van der Waals surface area contributed by atoms with Gasteiger partial charge in [-0.2, -0.15) is 0 Å². The topological polar surface area (TPSA) is 29.1 Å². The summed E-state index contributed by atoms with van der Waals surface area (Å²) in [7, 11) is 0. The van der Waals surface area contributed by atoms with E-state index in [1.807, 2.05) is 30.3 Å². The van der Waals surface area contributed by atoms with Gasteiger partial charge in [-0.1, -0.05) is 53.2 Å². The lowest BCUT2D eigenvalue weighted by atomic mass is 10.1. The SMILES string of the molecule is CCC(NC(=O)CBr)c1ccccc1. The average Bonchev–Trinajstić information content (AvgIpc) is 2.26. The van der Waals surface area contributed by atoms with Gasteiger partial charge in [0.25, 0.3) is 0 Å². The molecule has 1 atom stereocenters. The van der Waals surface area contributed by atoms with Gasteiger partial charge in [0, 0.05) is 0 Å². The first-order valence-electron chi connectivity index (χ1n) is 4.68. The van der Waals surface area contributed by atoms with Gasteiger partial charge in [-0.3, -0.25) is 4.79 Å². The van der Waals surface area contributed by atoms with Crippen molar-refractivity contribution in [1.82, 2.24) is 5.32 Å². The van der Waals surface area contributed by atoms with Crippen LogP contribution in [0, 0.1) is 0 Å². The summed E-state index contributed by atoms with van der Waals surface area (Å²) in [5.41, 5.74) is 1.16. The standard InChI is InChI=1S/C11H14BrNO/c1-2-10(13-11(14)8-12)9-6-4-3-5-7-9/h3-7,10H,2,8H2,1H3,(H,13,14). The van der Waals surface area contributed by atoms with E-state index in [0.717, 1.165) is 12.0 Å². The van der Waals surface area contributed by atoms with Crippen molar-refractivity contribution in [1.29, 1.82) is 0 Å². The van der Waals surface area contributed by atoms with Crippen molar-refractivity contribution in [3.8, 4) is 0 Å². The van der Waals surface area contributed by atoms with Crippen molar-refractivity contribution in [3.63, 3.8) is 0 Å². The van der Waals surface area contributed by atoms with Gasteiger partial charge < -0.3 is 5.32 Å². The van der Waals surface area contributed by atoms with Crippen LogP contribution >= 0.6 is 15.9 Å². The highest BCUT2D eigenvalue weighted by atomic mass is 79.9. The monoisotopic (exact) mass is 255 g/mol. The van der Waals surface area contributed by atoms with Crippen LogP contribution in [0.25, 0.3) is 0 Å². The Morgan fingerprint density at radius 1 is 1.43 bits per heavy atom.